The Hall–Kier alpha value is -0.100. The largest absolute Gasteiger partial charge is 0.465 e. The summed E-state index contributed by atoms with van der Waals surface area (Å²) < 4.78 is 5.60. The molecule has 0 aliphatic heterocycles. The molecule has 2 unspecified atom stereocenters. The van der Waals surface area contributed by atoms with E-state index < -0.39 is 0 Å². The first-order valence-electron chi connectivity index (χ1n) is 9.51. The Bertz CT molecular complexity index is 271. The van der Waals surface area contributed by atoms with Gasteiger partial charge >= 0.3 is 5.97 Å². The van der Waals surface area contributed by atoms with E-state index in [0.717, 1.165) is 44.9 Å². The highest BCUT2D eigenvalue weighted by molar-refractivity contribution is 7.19. The Morgan fingerprint density at radius 1 is 0.909 bits per heavy atom. The quantitative estimate of drug-likeness (QED) is 0.217. The van der Waals surface area contributed by atoms with Gasteiger partial charge in [-0.3, -0.25) is 4.79 Å². The van der Waals surface area contributed by atoms with E-state index in [1.807, 2.05) is 0 Å². The van der Waals surface area contributed by atoms with Gasteiger partial charge in [0.1, 0.15) is 0 Å². The summed E-state index contributed by atoms with van der Waals surface area (Å²) in [5, 5.41) is 0.0322. The van der Waals surface area contributed by atoms with Crippen LogP contribution in [0.3, 0.4) is 0 Å². The van der Waals surface area contributed by atoms with Gasteiger partial charge in [-0.1, -0.05) is 72.6 Å². The maximum absolute atomic E-state index is 12.7. The summed E-state index contributed by atoms with van der Waals surface area (Å²) >= 11 is 0. The zero-order valence-corrected chi connectivity index (χ0v) is 16.6. The molecule has 0 heterocycles. The van der Waals surface area contributed by atoms with E-state index in [4.69, 9.17) is 4.74 Å². The molecule has 0 aromatic rings. The van der Waals surface area contributed by atoms with Gasteiger partial charge in [-0.25, -0.2) is 0 Å². The Balaban J connectivity index is 4.95. The smallest absolute Gasteiger partial charge is 0.309 e. The maximum atomic E-state index is 12.7. The third-order valence-corrected chi connectivity index (χ3v) is 5.54. The fourth-order valence-electron chi connectivity index (χ4n) is 2.95. The molecule has 0 aliphatic rings. The summed E-state index contributed by atoms with van der Waals surface area (Å²) in [5.74, 6) is 0.0940. The van der Waals surface area contributed by atoms with Crippen LogP contribution in [-0.2, 0) is 9.53 Å². The number of ether oxygens (including phenoxy) is 1. The van der Waals surface area contributed by atoms with Crippen molar-refractivity contribution in [3.63, 3.8) is 0 Å². The first-order valence-corrected chi connectivity index (χ1v) is 10.1. The summed E-state index contributed by atoms with van der Waals surface area (Å²) in [5.41, 5.74) is 0. The van der Waals surface area contributed by atoms with Crippen LogP contribution < -0.4 is 0 Å². The molecule has 3 heteroatoms. The second-order valence-corrected chi connectivity index (χ2v) is 7.81. The third kappa shape index (κ3) is 8.51. The molecule has 0 N–H and O–H groups in total. The van der Waals surface area contributed by atoms with Crippen molar-refractivity contribution in [3.8, 4) is 0 Å². The van der Waals surface area contributed by atoms with Gasteiger partial charge in [0.05, 0.1) is 12.5 Å². The molecule has 0 spiro atoms. The molecule has 0 saturated carbocycles. The lowest BCUT2D eigenvalue weighted by Gasteiger charge is -2.36. The molecule has 132 valence electrons. The third-order valence-electron chi connectivity index (χ3n) is 4.56. The van der Waals surface area contributed by atoms with Crippen LogP contribution >= 0.6 is 9.24 Å². The van der Waals surface area contributed by atoms with Gasteiger partial charge < -0.3 is 4.74 Å². The average molecular weight is 330 g/mol. The summed E-state index contributed by atoms with van der Waals surface area (Å²) in [4.78, 5) is 12.7. The second kappa shape index (κ2) is 13.3. The number of carbonyl (C=O) groups excluding carboxylic acids is 1. The zero-order chi connectivity index (χ0) is 16.8. The Morgan fingerprint density at radius 3 is 1.86 bits per heavy atom. The number of hydrogen-bond donors (Lipinski definition) is 0. The minimum absolute atomic E-state index is 0.0322. The number of hydrogen-bond acceptors (Lipinski definition) is 2. The number of esters is 1. The van der Waals surface area contributed by atoms with Gasteiger partial charge in [-0.15, -0.1) is 9.24 Å². The molecule has 0 bridgehead atoms. The van der Waals surface area contributed by atoms with Crippen molar-refractivity contribution in [2.45, 2.75) is 103 Å². The first-order chi connectivity index (χ1) is 10.6. The fraction of sp³-hybridized carbons (Fsp3) is 0.947. The number of carbonyl (C=O) groups is 1. The van der Waals surface area contributed by atoms with Crippen LogP contribution in [0, 0.1) is 5.92 Å². The van der Waals surface area contributed by atoms with Gasteiger partial charge in [0.15, 0.2) is 0 Å². The maximum Gasteiger partial charge on any atom is 0.309 e. The highest BCUT2D eigenvalue weighted by Crippen LogP contribution is 2.41. The Labute approximate surface area is 141 Å². The molecule has 0 fully saturated rings. The lowest BCUT2D eigenvalue weighted by atomic mass is 9.80. The van der Waals surface area contributed by atoms with Crippen LogP contribution in [0.5, 0.6) is 0 Å². The predicted molar refractivity (Wildman–Crippen MR) is 100 cm³/mol. The highest BCUT2D eigenvalue weighted by Gasteiger charge is 2.38. The molecule has 0 aliphatic carbocycles. The van der Waals surface area contributed by atoms with E-state index in [0.29, 0.717) is 6.61 Å². The van der Waals surface area contributed by atoms with Crippen molar-refractivity contribution < 1.29 is 9.53 Å². The van der Waals surface area contributed by atoms with E-state index >= 15 is 0 Å². The topological polar surface area (TPSA) is 26.3 Å². The zero-order valence-electron chi connectivity index (χ0n) is 15.5. The fourth-order valence-corrected chi connectivity index (χ4v) is 3.66. The molecule has 0 rings (SSSR count). The van der Waals surface area contributed by atoms with Crippen LogP contribution in [0.15, 0.2) is 0 Å². The first kappa shape index (κ1) is 21.9. The van der Waals surface area contributed by atoms with Gasteiger partial charge in [-0.05, 0) is 30.8 Å². The molecule has 0 radical (unpaired) electrons. The van der Waals surface area contributed by atoms with E-state index in [2.05, 4.69) is 36.9 Å². The SMILES string of the molecule is CCCCOC(=O)C(CCCC)C(P)(CCCC)CCCC. The van der Waals surface area contributed by atoms with E-state index in [9.17, 15) is 4.79 Å². The Kier molecular flexibility index (Phi) is 13.3. The van der Waals surface area contributed by atoms with E-state index in [1.165, 1.54) is 25.7 Å². The van der Waals surface area contributed by atoms with E-state index in [-0.39, 0.29) is 17.0 Å². The Morgan fingerprint density at radius 2 is 1.41 bits per heavy atom. The van der Waals surface area contributed by atoms with Gasteiger partial charge in [0, 0.05) is 0 Å². The number of unbranched alkanes of at least 4 members (excludes halogenated alkanes) is 4. The number of rotatable bonds is 14. The molecule has 0 aromatic heterocycles. The molecule has 2 nitrogen and oxygen atoms in total. The lowest BCUT2D eigenvalue weighted by molar-refractivity contribution is -0.150. The molecule has 0 amide bonds. The minimum atomic E-state index is 0.0322. The van der Waals surface area contributed by atoms with Gasteiger partial charge in [0.2, 0.25) is 0 Å². The van der Waals surface area contributed by atoms with Crippen LogP contribution in [0.4, 0.5) is 0 Å². The van der Waals surface area contributed by atoms with Crippen molar-refractivity contribution in [2.24, 2.45) is 5.92 Å². The molecular formula is C19H39O2P. The van der Waals surface area contributed by atoms with Crippen LogP contribution in [0.25, 0.3) is 0 Å². The minimum Gasteiger partial charge on any atom is -0.465 e. The predicted octanol–water partition coefficient (Wildman–Crippen LogP) is 6.13. The monoisotopic (exact) mass is 330 g/mol. The van der Waals surface area contributed by atoms with Gasteiger partial charge in [-0.2, -0.15) is 0 Å². The normalized spacial score (nSPS) is 13.1. The molecule has 0 aromatic carbocycles. The highest BCUT2D eigenvalue weighted by atomic mass is 31.0. The molecular weight excluding hydrogens is 291 g/mol. The molecule has 0 saturated heterocycles. The summed E-state index contributed by atoms with van der Waals surface area (Å²) in [6.07, 6.45) is 12.3. The lowest BCUT2D eigenvalue weighted by Crippen LogP contribution is -2.38. The average Bonchev–Trinajstić information content (AvgIpc) is 2.51. The summed E-state index contributed by atoms with van der Waals surface area (Å²) in [6, 6.07) is 0. The van der Waals surface area contributed by atoms with Crippen molar-refractivity contribution in [1.29, 1.82) is 0 Å². The summed E-state index contributed by atoms with van der Waals surface area (Å²) in [6.45, 7) is 9.37. The second-order valence-electron chi connectivity index (χ2n) is 6.66. The molecule has 2 atom stereocenters. The van der Waals surface area contributed by atoms with Crippen LogP contribution in [-0.4, -0.2) is 17.7 Å². The van der Waals surface area contributed by atoms with Crippen LogP contribution in [0.2, 0.25) is 0 Å². The van der Waals surface area contributed by atoms with Crippen molar-refractivity contribution >= 4 is 15.2 Å². The van der Waals surface area contributed by atoms with Crippen molar-refractivity contribution in [1.82, 2.24) is 0 Å². The van der Waals surface area contributed by atoms with Gasteiger partial charge in [0.25, 0.3) is 0 Å². The van der Waals surface area contributed by atoms with Crippen molar-refractivity contribution in [3.05, 3.63) is 0 Å². The van der Waals surface area contributed by atoms with Crippen LogP contribution in [0.1, 0.15) is 98.3 Å². The molecule has 22 heavy (non-hydrogen) atoms. The van der Waals surface area contributed by atoms with E-state index in [1.54, 1.807) is 0 Å². The standard InChI is InChI=1S/C19H39O2P/c1-5-9-13-17(18(20)21-16-12-8-4)19(22,14-10-6-2)15-11-7-3/h17H,5-16,22H2,1-4H3. The van der Waals surface area contributed by atoms with Crippen molar-refractivity contribution in [2.75, 3.05) is 6.61 Å². The summed E-state index contributed by atoms with van der Waals surface area (Å²) in [7, 11) is 3.07.